The van der Waals surface area contributed by atoms with Crippen molar-refractivity contribution in [2.45, 2.75) is 26.2 Å². The number of aryl methyl sites for hydroxylation is 1. The van der Waals surface area contributed by atoms with E-state index in [0.29, 0.717) is 18.2 Å². The average molecular weight is 317 g/mol. The Morgan fingerprint density at radius 2 is 2.00 bits per heavy atom. The van der Waals surface area contributed by atoms with Crippen molar-refractivity contribution in [1.82, 2.24) is 14.8 Å². The second kappa shape index (κ2) is 7.41. The first-order valence-electron chi connectivity index (χ1n) is 8.71. The third-order valence-corrected chi connectivity index (χ3v) is 5.01. The summed E-state index contributed by atoms with van der Waals surface area (Å²) in [6.07, 6.45) is 5.32. The van der Waals surface area contributed by atoms with Gasteiger partial charge < -0.3 is 14.9 Å². The first-order chi connectivity index (χ1) is 11.2. The van der Waals surface area contributed by atoms with E-state index >= 15 is 0 Å². The summed E-state index contributed by atoms with van der Waals surface area (Å²) in [6, 6.07) is 3.73. The number of hydrogen-bond donors (Lipinski definition) is 1. The molecule has 2 aliphatic rings. The maximum absolute atomic E-state index is 12.7. The molecule has 3 rings (SSSR count). The molecule has 0 spiro atoms. The predicted octanol–water partition coefficient (Wildman–Crippen LogP) is 1.56. The molecule has 2 saturated heterocycles. The number of aliphatic hydroxyl groups is 1. The molecule has 5 heteroatoms. The maximum atomic E-state index is 12.7. The van der Waals surface area contributed by atoms with Crippen LogP contribution in [-0.2, 0) is 0 Å². The van der Waals surface area contributed by atoms with E-state index < -0.39 is 0 Å². The molecule has 1 aromatic heterocycles. The van der Waals surface area contributed by atoms with E-state index in [1.807, 2.05) is 17.9 Å². The van der Waals surface area contributed by atoms with Crippen LogP contribution in [0.25, 0.3) is 0 Å². The van der Waals surface area contributed by atoms with Crippen molar-refractivity contribution in [2.24, 2.45) is 11.8 Å². The van der Waals surface area contributed by atoms with E-state index in [2.05, 4.69) is 9.88 Å². The minimum absolute atomic E-state index is 0.00503. The van der Waals surface area contributed by atoms with Gasteiger partial charge in [0.1, 0.15) is 5.69 Å². The second-order valence-corrected chi connectivity index (χ2v) is 7.09. The molecule has 1 N–H and O–H groups in total. The zero-order chi connectivity index (χ0) is 16.2. The highest BCUT2D eigenvalue weighted by molar-refractivity contribution is 5.92. The Balaban J connectivity index is 1.67. The molecular formula is C18H27N3O2. The minimum Gasteiger partial charge on any atom is -0.396 e. The highest BCUT2D eigenvalue weighted by atomic mass is 16.3. The van der Waals surface area contributed by atoms with Crippen molar-refractivity contribution in [3.05, 3.63) is 29.6 Å². The van der Waals surface area contributed by atoms with E-state index in [1.54, 1.807) is 12.3 Å². The molecule has 0 saturated carbocycles. The van der Waals surface area contributed by atoms with Crippen molar-refractivity contribution in [2.75, 3.05) is 39.3 Å². The summed E-state index contributed by atoms with van der Waals surface area (Å²) in [5, 5.41) is 9.61. The van der Waals surface area contributed by atoms with Crippen LogP contribution < -0.4 is 0 Å². The molecular weight excluding hydrogens is 290 g/mol. The van der Waals surface area contributed by atoms with Crippen molar-refractivity contribution >= 4 is 5.91 Å². The fourth-order valence-electron chi connectivity index (χ4n) is 3.84. The Morgan fingerprint density at radius 1 is 1.26 bits per heavy atom. The Morgan fingerprint density at radius 3 is 2.65 bits per heavy atom. The van der Waals surface area contributed by atoms with Crippen LogP contribution in [0.4, 0.5) is 0 Å². The minimum atomic E-state index is -0.00503. The van der Waals surface area contributed by atoms with Crippen LogP contribution in [0.3, 0.4) is 0 Å². The van der Waals surface area contributed by atoms with Crippen molar-refractivity contribution in [3.63, 3.8) is 0 Å². The Kier molecular flexibility index (Phi) is 5.28. The second-order valence-electron chi connectivity index (χ2n) is 7.09. The van der Waals surface area contributed by atoms with Gasteiger partial charge in [-0.3, -0.25) is 9.78 Å². The molecule has 0 radical (unpaired) electrons. The van der Waals surface area contributed by atoms with Crippen molar-refractivity contribution in [3.8, 4) is 0 Å². The molecule has 5 nitrogen and oxygen atoms in total. The van der Waals surface area contributed by atoms with Crippen LogP contribution in [0.15, 0.2) is 18.3 Å². The van der Waals surface area contributed by atoms with Crippen LogP contribution in [0.5, 0.6) is 0 Å². The Hall–Kier alpha value is -1.46. The normalized spacial score (nSPS) is 25.7. The number of aromatic nitrogens is 1. The molecule has 126 valence electrons. The smallest absolute Gasteiger partial charge is 0.272 e. The number of hydrogen-bond acceptors (Lipinski definition) is 4. The van der Waals surface area contributed by atoms with Gasteiger partial charge in [0.05, 0.1) is 0 Å². The highest BCUT2D eigenvalue weighted by Gasteiger charge is 2.31. The molecule has 1 aromatic rings. The van der Waals surface area contributed by atoms with Crippen LogP contribution in [0, 0.1) is 18.8 Å². The van der Waals surface area contributed by atoms with Crippen LogP contribution >= 0.6 is 0 Å². The van der Waals surface area contributed by atoms with Crippen LogP contribution in [0.1, 0.15) is 35.3 Å². The maximum Gasteiger partial charge on any atom is 0.272 e. The van der Waals surface area contributed by atoms with Crippen molar-refractivity contribution < 1.29 is 9.90 Å². The van der Waals surface area contributed by atoms with Gasteiger partial charge in [-0.15, -0.1) is 0 Å². The number of carbonyl (C=O) groups is 1. The van der Waals surface area contributed by atoms with E-state index in [4.69, 9.17) is 0 Å². The molecule has 3 heterocycles. The summed E-state index contributed by atoms with van der Waals surface area (Å²) in [6.45, 7) is 6.93. The fourth-order valence-corrected chi connectivity index (χ4v) is 3.84. The standard InChI is InChI=1S/C18H27N3O2/c1-14-4-5-17(19-9-14)18(23)21-11-15(8-16(12-21)13-22)10-20-6-2-3-7-20/h4-5,9,15-16,22H,2-3,6-8,10-13H2,1H3/t15-,16-/m1/s1. The van der Waals surface area contributed by atoms with Gasteiger partial charge in [-0.1, -0.05) is 6.07 Å². The molecule has 0 unspecified atom stereocenters. The molecule has 0 aromatic carbocycles. The molecule has 23 heavy (non-hydrogen) atoms. The predicted molar refractivity (Wildman–Crippen MR) is 89.2 cm³/mol. The largest absolute Gasteiger partial charge is 0.396 e. The average Bonchev–Trinajstić information content (AvgIpc) is 3.07. The third-order valence-electron chi connectivity index (χ3n) is 5.01. The van der Waals surface area contributed by atoms with Gasteiger partial charge in [0.15, 0.2) is 0 Å². The lowest BCUT2D eigenvalue weighted by atomic mass is 9.89. The first-order valence-corrected chi connectivity index (χ1v) is 8.71. The van der Waals surface area contributed by atoms with E-state index in [9.17, 15) is 9.90 Å². The summed E-state index contributed by atoms with van der Waals surface area (Å²) in [4.78, 5) is 21.4. The van der Waals surface area contributed by atoms with Crippen LogP contribution in [0.2, 0.25) is 0 Å². The lowest BCUT2D eigenvalue weighted by Crippen LogP contribution is -2.47. The zero-order valence-electron chi connectivity index (χ0n) is 13.9. The first kappa shape index (κ1) is 16.4. The number of piperidine rings is 1. The SMILES string of the molecule is Cc1ccc(C(=O)N2C[C@H](CO)C[C@H](CN3CCCC3)C2)nc1. The number of likely N-dealkylation sites (tertiary alicyclic amines) is 2. The third kappa shape index (κ3) is 4.09. The van der Waals surface area contributed by atoms with Gasteiger partial charge in [0, 0.05) is 32.4 Å². The van der Waals surface area contributed by atoms with Gasteiger partial charge in [-0.2, -0.15) is 0 Å². The molecule has 2 fully saturated rings. The van der Waals surface area contributed by atoms with Gasteiger partial charge in [-0.05, 0) is 62.7 Å². The number of rotatable bonds is 4. The monoisotopic (exact) mass is 317 g/mol. The molecule has 2 aliphatic heterocycles. The molecule has 2 atom stereocenters. The van der Waals surface area contributed by atoms with Gasteiger partial charge in [0.2, 0.25) is 0 Å². The number of carbonyl (C=O) groups excluding carboxylic acids is 1. The van der Waals surface area contributed by atoms with Gasteiger partial charge >= 0.3 is 0 Å². The Labute approximate surface area is 138 Å². The topological polar surface area (TPSA) is 56.7 Å². The molecule has 0 aliphatic carbocycles. The van der Waals surface area contributed by atoms with E-state index in [0.717, 1.165) is 25.1 Å². The van der Waals surface area contributed by atoms with E-state index in [1.165, 1.54) is 25.9 Å². The zero-order valence-corrected chi connectivity index (χ0v) is 13.9. The quantitative estimate of drug-likeness (QED) is 0.915. The molecule has 1 amide bonds. The lowest BCUT2D eigenvalue weighted by Gasteiger charge is -2.38. The van der Waals surface area contributed by atoms with E-state index in [-0.39, 0.29) is 18.4 Å². The van der Waals surface area contributed by atoms with Crippen LogP contribution in [-0.4, -0.2) is 65.1 Å². The Bertz CT molecular complexity index is 526. The summed E-state index contributed by atoms with van der Waals surface area (Å²) >= 11 is 0. The summed E-state index contributed by atoms with van der Waals surface area (Å²) in [5.74, 6) is 0.633. The highest BCUT2D eigenvalue weighted by Crippen LogP contribution is 2.25. The summed E-state index contributed by atoms with van der Waals surface area (Å²) in [5.41, 5.74) is 1.56. The molecule has 0 bridgehead atoms. The lowest BCUT2D eigenvalue weighted by molar-refractivity contribution is 0.0460. The van der Waals surface area contributed by atoms with Gasteiger partial charge in [0.25, 0.3) is 5.91 Å². The van der Waals surface area contributed by atoms with Gasteiger partial charge in [-0.25, -0.2) is 0 Å². The summed E-state index contributed by atoms with van der Waals surface area (Å²) < 4.78 is 0. The number of aliphatic hydroxyl groups excluding tert-OH is 1. The number of pyridine rings is 1. The number of nitrogens with zero attached hydrogens (tertiary/aromatic N) is 3. The summed E-state index contributed by atoms with van der Waals surface area (Å²) in [7, 11) is 0. The fraction of sp³-hybridized carbons (Fsp3) is 0.667. The number of amides is 1. The van der Waals surface area contributed by atoms with Crippen molar-refractivity contribution in [1.29, 1.82) is 0 Å².